The Morgan fingerprint density at radius 1 is 1.00 bits per heavy atom. The van der Waals surface area contributed by atoms with Crippen LogP contribution in [0.15, 0.2) is 36.5 Å². The smallest absolute Gasteiger partial charge is 0.340 e. The summed E-state index contributed by atoms with van der Waals surface area (Å²) in [6.07, 6.45) is 4.54. The number of nitrogens with zero attached hydrogens (tertiary/aromatic N) is 4. The Labute approximate surface area is 281 Å². The van der Waals surface area contributed by atoms with Crippen molar-refractivity contribution < 1.29 is 38.2 Å². The van der Waals surface area contributed by atoms with Crippen molar-refractivity contribution in [3.05, 3.63) is 53.2 Å². The molecule has 1 aromatic heterocycles. The number of rotatable bonds is 14. The van der Waals surface area contributed by atoms with E-state index < -0.39 is 35.3 Å². The molecule has 1 N–H and O–H groups in total. The average Bonchev–Trinajstić information content (AvgIpc) is 3.31. The van der Waals surface area contributed by atoms with Crippen LogP contribution in [-0.2, 0) is 19.1 Å². The number of benzene rings is 1. The molecule has 13 nitrogen and oxygen atoms in total. The molecule has 48 heavy (non-hydrogen) atoms. The number of anilines is 1. The first-order chi connectivity index (χ1) is 22.9. The summed E-state index contributed by atoms with van der Waals surface area (Å²) in [5, 5.41) is 2.45. The summed E-state index contributed by atoms with van der Waals surface area (Å²) in [4.78, 5) is 83.3. The van der Waals surface area contributed by atoms with Crippen LogP contribution in [0.25, 0.3) is 0 Å². The third-order valence-corrected chi connectivity index (χ3v) is 7.67. The number of esters is 1. The predicted molar refractivity (Wildman–Crippen MR) is 179 cm³/mol. The van der Waals surface area contributed by atoms with Crippen LogP contribution >= 0.6 is 0 Å². The van der Waals surface area contributed by atoms with Crippen LogP contribution < -0.4 is 15.0 Å². The van der Waals surface area contributed by atoms with Crippen molar-refractivity contribution in [2.45, 2.75) is 78.4 Å². The molecule has 3 heterocycles. The summed E-state index contributed by atoms with van der Waals surface area (Å²) in [5.74, 6) is -1.05. The Bertz CT molecular complexity index is 1470. The van der Waals surface area contributed by atoms with Crippen molar-refractivity contribution in [2.24, 2.45) is 0 Å². The number of amides is 4. The van der Waals surface area contributed by atoms with Gasteiger partial charge in [0.05, 0.1) is 29.8 Å². The zero-order valence-electron chi connectivity index (χ0n) is 28.7. The Morgan fingerprint density at radius 3 is 2.35 bits per heavy atom. The van der Waals surface area contributed by atoms with Crippen LogP contribution in [0, 0.1) is 0 Å². The molecule has 260 valence electrons. The van der Waals surface area contributed by atoms with E-state index in [0.717, 1.165) is 24.2 Å². The van der Waals surface area contributed by atoms with Crippen LogP contribution in [0.1, 0.15) is 97.8 Å². The molecule has 2 aromatic rings. The molecule has 0 saturated carbocycles. The summed E-state index contributed by atoms with van der Waals surface area (Å²) in [7, 11) is 1.41. The molecule has 0 radical (unpaired) electrons. The summed E-state index contributed by atoms with van der Waals surface area (Å²) in [5.41, 5.74) is 0.115. The molecular weight excluding hydrogens is 618 g/mol. The summed E-state index contributed by atoms with van der Waals surface area (Å²) >= 11 is 0. The molecule has 1 saturated heterocycles. The van der Waals surface area contributed by atoms with Gasteiger partial charge in [-0.15, -0.1) is 0 Å². The Kier molecular flexibility index (Phi) is 13.6. The number of likely N-dealkylation sites (N-methyl/N-ethyl adjacent to an activating group) is 1. The number of fused-ring (bicyclic) bond motifs is 1. The molecule has 0 spiro atoms. The lowest BCUT2D eigenvalue weighted by Crippen LogP contribution is -2.50. The first-order valence-corrected chi connectivity index (χ1v) is 16.5. The molecule has 1 atom stereocenters. The van der Waals surface area contributed by atoms with Crippen molar-refractivity contribution in [3.63, 3.8) is 0 Å². The molecule has 2 aliphatic rings. The van der Waals surface area contributed by atoms with Crippen molar-refractivity contribution in [1.29, 1.82) is 0 Å². The third-order valence-electron chi connectivity index (χ3n) is 7.67. The monoisotopic (exact) mass is 665 g/mol. The minimum atomic E-state index is -1.07. The van der Waals surface area contributed by atoms with E-state index in [1.807, 2.05) is 23.6 Å². The van der Waals surface area contributed by atoms with E-state index in [0.29, 0.717) is 49.7 Å². The fourth-order valence-corrected chi connectivity index (χ4v) is 5.32. The Balaban J connectivity index is 0.00000307. The van der Waals surface area contributed by atoms with Crippen molar-refractivity contribution in [2.75, 3.05) is 44.7 Å². The number of carbonyl (C=O) groups excluding carboxylic acids is 6. The van der Waals surface area contributed by atoms with E-state index in [-0.39, 0.29) is 36.4 Å². The highest BCUT2D eigenvalue weighted by Crippen LogP contribution is 2.29. The van der Waals surface area contributed by atoms with Crippen molar-refractivity contribution >= 4 is 41.7 Å². The quantitative estimate of drug-likeness (QED) is 0.137. The second-order valence-corrected chi connectivity index (χ2v) is 12.2. The standard InChI is InChI=1S/C33H41N5O8.C2H6/c1-33(2,3)46-32(44)22-10-13-27(35-20-22)37-16-15-36(28(40)21-37)14-6-5-7-18-45-23-11-12-24-25(19-23)31(43)38(30(24)42)26(9-8-17-39)29(41)34-4;1-2/h10-13,17,19-20,26H,5-9,14-16,18,21H2,1-4H3,(H,34,41);1-2H3. The number of hydrogen-bond acceptors (Lipinski definition) is 10. The van der Waals surface area contributed by atoms with Gasteiger partial charge in [-0.3, -0.25) is 24.1 Å². The lowest BCUT2D eigenvalue weighted by molar-refractivity contribution is -0.131. The summed E-state index contributed by atoms with van der Waals surface area (Å²) < 4.78 is 11.2. The fraction of sp³-hybridized carbons (Fsp3) is 0.514. The largest absolute Gasteiger partial charge is 0.494 e. The second-order valence-electron chi connectivity index (χ2n) is 12.2. The zero-order chi connectivity index (χ0) is 35.4. The zero-order valence-corrected chi connectivity index (χ0v) is 28.7. The van der Waals surface area contributed by atoms with Crippen molar-refractivity contribution in [3.8, 4) is 5.75 Å². The van der Waals surface area contributed by atoms with Gasteiger partial charge < -0.3 is 29.4 Å². The van der Waals surface area contributed by atoms with Gasteiger partial charge in [-0.25, -0.2) is 9.78 Å². The number of carbonyl (C=O) groups is 6. The maximum absolute atomic E-state index is 13.1. The maximum Gasteiger partial charge on any atom is 0.340 e. The molecule has 2 aliphatic heterocycles. The minimum absolute atomic E-state index is 0.0109. The maximum atomic E-state index is 13.1. The SMILES string of the molecule is CC.CNC(=O)C(CCC=O)N1C(=O)c2ccc(OCCCCCN3CCN(c4ccc(C(=O)OC(C)(C)C)cn4)CC3=O)cc2C1=O. The molecule has 1 fully saturated rings. The summed E-state index contributed by atoms with van der Waals surface area (Å²) in [6, 6.07) is 6.95. The van der Waals surface area contributed by atoms with Crippen molar-refractivity contribution in [1.82, 2.24) is 20.1 Å². The normalized spacial score (nSPS) is 15.0. The number of aromatic nitrogens is 1. The molecule has 13 heteroatoms. The first kappa shape index (κ1) is 37.6. The molecule has 1 aromatic carbocycles. The minimum Gasteiger partial charge on any atom is -0.494 e. The Hall–Kier alpha value is -4.81. The lowest BCUT2D eigenvalue weighted by atomic mass is 10.1. The number of hydrogen-bond donors (Lipinski definition) is 1. The topological polar surface area (TPSA) is 156 Å². The fourth-order valence-electron chi connectivity index (χ4n) is 5.32. The molecule has 1 unspecified atom stereocenters. The van der Waals surface area contributed by atoms with E-state index in [9.17, 15) is 28.8 Å². The molecule has 0 aliphatic carbocycles. The van der Waals surface area contributed by atoms with E-state index >= 15 is 0 Å². The number of unbranched alkanes of at least 4 members (excludes halogenated alkanes) is 2. The first-order valence-electron chi connectivity index (χ1n) is 16.5. The number of pyridine rings is 1. The predicted octanol–water partition coefficient (Wildman–Crippen LogP) is 3.65. The van der Waals surface area contributed by atoms with Crippen LogP contribution in [0.4, 0.5) is 5.82 Å². The molecule has 4 amide bonds. The van der Waals surface area contributed by atoms with Crippen LogP contribution in [0.5, 0.6) is 5.75 Å². The highest BCUT2D eigenvalue weighted by atomic mass is 16.6. The van der Waals surface area contributed by atoms with Gasteiger partial charge in [0.2, 0.25) is 11.8 Å². The van der Waals surface area contributed by atoms with Gasteiger partial charge in [0.1, 0.15) is 29.5 Å². The van der Waals surface area contributed by atoms with E-state index in [1.165, 1.54) is 25.4 Å². The molecular formula is C35H47N5O8. The van der Waals surface area contributed by atoms with E-state index in [1.54, 1.807) is 39.0 Å². The summed E-state index contributed by atoms with van der Waals surface area (Å²) in [6.45, 7) is 11.8. The van der Waals surface area contributed by atoms with Gasteiger partial charge in [-0.05, 0) is 76.8 Å². The highest BCUT2D eigenvalue weighted by Gasteiger charge is 2.42. The van der Waals surface area contributed by atoms with Gasteiger partial charge in [-0.1, -0.05) is 13.8 Å². The van der Waals surface area contributed by atoms with Crippen LogP contribution in [0.3, 0.4) is 0 Å². The van der Waals surface area contributed by atoms with Gasteiger partial charge in [0.15, 0.2) is 0 Å². The van der Waals surface area contributed by atoms with E-state index in [4.69, 9.17) is 9.47 Å². The van der Waals surface area contributed by atoms with Gasteiger partial charge >= 0.3 is 5.97 Å². The number of nitrogens with one attached hydrogen (secondary N) is 1. The van der Waals surface area contributed by atoms with Crippen LogP contribution in [0.2, 0.25) is 0 Å². The number of ether oxygens (including phenoxy) is 2. The average molecular weight is 666 g/mol. The van der Waals surface area contributed by atoms with Crippen LogP contribution in [-0.4, -0.2) is 102 Å². The third kappa shape index (κ3) is 9.61. The number of aldehydes is 1. The molecule has 0 bridgehead atoms. The van der Waals surface area contributed by atoms with Gasteiger partial charge in [-0.2, -0.15) is 0 Å². The highest BCUT2D eigenvalue weighted by molar-refractivity contribution is 6.23. The van der Waals surface area contributed by atoms with E-state index in [2.05, 4.69) is 10.3 Å². The van der Waals surface area contributed by atoms with Gasteiger partial charge in [0, 0.05) is 39.3 Å². The Morgan fingerprint density at radius 2 is 1.73 bits per heavy atom. The lowest BCUT2D eigenvalue weighted by Gasteiger charge is -2.35. The van der Waals surface area contributed by atoms with Gasteiger partial charge in [0.25, 0.3) is 11.8 Å². The molecule has 4 rings (SSSR count). The number of piperazine rings is 1. The second kappa shape index (κ2) is 17.4. The number of imide groups is 1.